The number of aliphatic imine (C=N–C) groups is 1. The van der Waals surface area contributed by atoms with Crippen LogP contribution in [0.5, 0.6) is 0 Å². The van der Waals surface area contributed by atoms with Gasteiger partial charge in [0.2, 0.25) is 0 Å². The van der Waals surface area contributed by atoms with Gasteiger partial charge in [-0.2, -0.15) is 4.98 Å². The van der Waals surface area contributed by atoms with Crippen LogP contribution in [0.2, 0.25) is 0 Å². The van der Waals surface area contributed by atoms with Gasteiger partial charge in [-0.3, -0.25) is 5.32 Å². The SMILES string of the molecule is Nc1nc2c(s1)CC(NC(O)c1coc(N3CC[C@@]4(O)SC4C3)n1)C(C1CC1)=N2. The van der Waals surface area contributed by atoms with Gasteiger partial charge in [0.05, 0.1) is 16.2 Å². The van der Waals surface area contributed by atoms with Crippen LogP contribution in [0, 0.1) is 5.92 Å². The van der Waals surface area contributed by atoms with E-state index in [0.717, 1.165) is 29.2 Å². The number of aliphatic hydroxyl groups is 2. The third kappa shape index (κ3) is 3.25. The third-order valence-electron chi connectivity index (χ3n) is 6.01. The Morgan fingerprint density at radius 3 is 3.03 bits per heavy atom. The normalized spacial score (nSPS) is 31.8. The maximum atomic E-state index is 10.8. The summed E-state index contributed by atoms with van der Waals surface area (Å²) in [4.78, 5) is 16.1. The summed E-state index contributed by atoms with van der Waals surface area (Å²) in [7, 11) is 0. The highest BCUT2D eigenvalue weighted by molar-refractivity contribution is 8.08. The van der Waals surface area contributed by atoms with Crippen LogP contribution in [0.1, 0.15) is 36.1 Å². The summed E-state index contributed by atoms with van der Waals surface area (Å²) < 4.78 is 5.63. The maximum absolute atomic E-state index is 10.8. The van der Waals surface area contributed by atoms with Crippen molar-refractivity contribution < 1.29 is 14.6 Å². The highest BCUT2D eigenvalue weighted by Gasteiger charge is 2.57. The summed E-state index contributed by atoms with van der Waals surface area (Å²) >= 11 is 3.05. The van der Waals surface area contributed by atoms with Crippen LogP contribution in [-0.2, 0) is 6.42 Å². The largest absolute Gasteiger partial charge is 0.432 e. The zero-order chi connectivity index (χ0) is 19.8. The van der Waals surface area contributed by atoms with E-state index in [1.165, 1.54) is 17.6 Å². The van der Waals surface area contributed by atoms with Crippen LogP contribution in [0.4, 0.5) is 17.0 Å². The van der Waals surface area contributed by atoms with E-state index in [-0.39, 0.29) is 11.3 Å². The number of nitrogens with one attached hydrogen (secondary N) is 1. The van der Waals surface area contributed by atoms with Gasteiger partial charge in [-0.1, -0.05) is 11.3 Å². The summed E-state index contributed by atoms with van der Waals surface area (Å²) in [6.45, 7) is 1.40. The molecule has 5 heterocycles. The predicted octanol–water partition coefficient (Wildman–Crippen LogP) is 1.42. The topological polar surface area (TPSA) is 133 Å². The Morgan fingerprint density at radius 1 is 1.38 bits per heavy atom. The van der Waals surface area contributed by atoms with E-state index >= 15 is 0 Å². The molecule has 3 aliphatic heterocycles. The first kappa shape index (κ1) is 18.1. The molecular formula is C18H22N6O3S2. The zero-order valence-electron chi connectivity index (χ0n) is 15.6. The van der Waals surface area contributed by atoms with E-state index in [0.29, 0.717) is 48.7 Å². The minimum Gasteiger partial charge on any atom is -0.432 e. The molecule has 154 valence electrons. The molecule has 0 radical (unpaired) electrons. The summed E-state index contributed by atoms with van der Waals surface area (Å²) in [5.74, 6) is 1.18. The number of thiazole rings is 1. The highest BCUT2D eigenvalue weighted by atomic mass is 32.2. The van der Waals surface area contributed by atoms with Gasteiger partial charge in [0.15, 0.2) is 17.2 Å². The zero-order valence-corrected chi connectivity index (χ0v) is 17.2. The first-order chi connectivity index (χ1) is 14.0. The van der Waals surface area contributed by atoms with Gasteiger partial charge in [0, 0.05) is 31.6 Å². The van der Waals surface area contributed by atoms with Crippen molar-refractivity contribution in [1.29, 1.82) is 0 Å². The number of rotatable bonds is 5. The number of nitrogen functional groups attached to an aromatic ring is 1. The fourth-order valence-electron chi connectivity index (χ4n) is 4.17. The molecule has 2 saturated heterocycles. The molecule has 0 amide bonds. The van der Waals surface area contributed by atoms with E-state index in [4.69, 9.17) is 15.1 Å². The number of aliphatic hydroxyl groups excluding tert-OH is 1. The average molecular weight is 435 g/mol. The predicted molar refractivity (Wildman–Crippen MR) is 112 cm³/mol. The van der Waals surface area contributed by atoms with Gasteiger partial charge in [-0.15, -0.1) is 11.8 Å². The Hall–Kier alpha value is -1.66. The molecule has 4 aliphatic rings. The van der Waals surface area contributed by atoms with Crippen molar-refractivity contribution in [3.8, 4) is 0 Å². The van der Waals surface area contributed by atoms with Crippen molar-refractivity contribution in [2.75, 3.05) is 23.7 Å². The van der Waals surface area contributed by atoms with Crippen molar-refractivity contribution >= 4 is 45.8 Å². The van der Waals surface area contributed by atoms with Crippen LogP contribution >= 0.6 is 23.1 Å². The number of fused-ring (bicyclic) bond motifs is 2. The van der Waals surface area contributed by atoms with Gasteiger partial charge >= 0.3 is 0 Å². The van der Waals surface area contributed by atoms with Crippen LogP contribution in [0.15, 0.2) is 15.7 Å². The first-order valence-electron chi connectivity index (χ1n) is 9.87. The van der Waals surface area contributed by atoms with Crippen LogP contribution in [-0.4, -0.2) is 55.2 Å². The molecule has 0 aromatic carbocycles. The minimum absolute atomic E-state index is 0.0714. The Morgan fingerprint density at radius 2 is 2.24 bits per heavy atom. The fourth-order valence-corrected chi connectivity index (χ4v) is 6.06. The Balaban J connectivity index is 1.17. The Labute approximate surface area is 175 Å². The standard InChI is InChI=1S/C18H22N6O3S2/c19-16-23-14-11(28-16)5-9(13(22-14)8-1-2-8)20-15(25)10-7-27-17(21-10)24-4-3-18(26)12(6-24)29-18/h7-9,12,15,20,25-26H,1-6H2,(H2,19,23)/t9?,12?,15?,18-/m1/s1. The van der Waals surface area contributed by atoms with E-state index in [2.05, 4.69) is 15.3 Å². The van der Waals surface area contributed by atoms with Crippen LogP contribution in [0.3, 0.4) is 0 Å². The number of oxazole rings is 1. The molecule has 11 heteroatoms. The Kier molecular flexibility index (Phi) is 4.01. The van der Waals surface area contributed by atoms with Gasteiger partial charge in [-0.05, 0) is 18.8 Å². The van der Waals surface area contributed by atoms with Gasteiger partial charge in [0.1, 0.15) is 16.9 Å². The summed E-state index contributed by atoms with van der Waals surface area (Å²) in [6.07, 6.45) is 4.20. The molecule has 29 heavy (non-hydrogen) atoms. The van der Waals surface area contributed by atoms with Crippen molar-refractivity contribution in [1.82, 2.24) is 15.3 Å². The second-order valence-corrected chi connectivity index (χ2v) is 10.8. The van der Waals surface area contributed by atoms with Crippen LogP contribution in [0.25, 0.3) is 0 Å². The molecule has 3 unspecified atom stereocenters. The van der Waals surface area contributed by atoms with E-state index in [9.17, 15) is 10.2 Å². The van der Waals surface area contributed by atoms with Crippen molar-refractivity contribution in [3.63, 3.8) is 0 Å². The van der Waals surface area contributed by atoms with E-state index in [1.807, 2.05) is 4.90 Å². The maximum Gasteiger partial charge on any atom is 0.297 e. The molecule has 0 bridgehead atoms. The number of piperidine rings is 1. The molecular weight excluding hydrogens is 412 g/mol. The van der Waals surface area contributed by atoms with E-state index in [1.54, 1.807) is 11.8 Å². The van der Waals surface area contributed by atoms with Gasteiger partial charge in [0.25, 0.3) is 6.01 Å². The minimum atomic E-state index is -0.953. The lowest BCUT2D eigenvalue weighted by Gasteiger charge is -2.26. The van der Waals surface area contributed by atoms with Crippen LogP contribution < -0.4 is 16.0 Å². The second-order valence-electron chi connectivity index (χ2n) is 8.14. The number of hydrogen-bond donors (Lipinski definition) is 4. The summed E-state index contributed by atoms with van der Waals surface area (Å²) in [6, 6.07) is 0.422. The second kappa shape index (κ2) is 6.42. The quantitative estimate of drug-likeness (QED) is 0.407. The number of aromatic nitrogens is 2. The van der Waals surface area contributed by atoms with Crippen molar-refractivity contribution in [3.05, 3.63) is 16.8 Å². The number of nitrogens with zero attached hydrogens (tertiary/aromatic N) is 4. The van der Waals surface area contributed by atoms with Crippen molar-refractivity contribution in [2.45, 2.75) is 48.1 Å². The summed E-state index contributed by atoms with van der Waals surface area (Å²) in [5, 5.41) is 24.9. The molecule has 6 rings (SSSR count). The lowest BCUT2D eigenvalue weighted by Crippen LogP contribution is -2.43. The monoisotopic (exact) mass is 434 g/mol. The van der Waals surface area contributed by atoms with Gasteiger partial charge in [-0.25, -0.2) is 9.98 Å². The third-order valence-corrected chi connectivity index (χ3v) is 8.37. The number of thioether (sulfide) groups is 1. The molecule has 5 N–H and O–H groups in total. The first-order valence-corrected chi connectivity index (χ1v) is 11.6. The molecule has 0 spiro atoms. The average Bonchev–Trinajstić information content (AvgIpc) is 3.55. The Bertz CT molecular complexity index is 988. The van der Waals surface area contributed by atoms with E-state index < -0.39 is 11.2 Å². The fraction of sp³-hybridized carbons (Fsp3) is 0.611. The lowest BCUT2D eigenvalue weighted by atomic mass is 10.00. The summed E-state index contributed by atoms with van der Waals surface area (Å²) in [5.41, 5.74) is 7.35. The van der Waals surface area contributed by atoms with Gasteiger partial charge < -0.3 is 25.3 Å². The molecule has 1 saturated carbocycles. The molecule has 2 aromatic heterocycles. The molecule has 9 nitrogen and oxygen atoms in total. The van der Waals surface area contributed by atoms with Crippen molar-refractivity contribution in [2.24, 2.45) is 10.9 Å². The lowest BCUT2D eigenvalue weighted by molar-refractivity contribution is 0.127. The smallest absolute Gasteiger partial charge is 0.297 e. The number of nitrogens with two attached hydrogens (primary N) is 1. The highest BCUT2D eigenvalue weighted by Crippen LogP contribution is 2.56. The molecule has 2 aromatic rings. The number of hydrogen-bond acceptors (Lipinski definition) is 11. The molecule has 3 fully saturated rings. The number of anilines is 2. The molecule has 4 atom stereocenters. The molecule has 1 aliphatic carbocycles.